The molecule has 3 heteroatoms. The summed E-state index contributed by atoms with van der Waals surface area (Å²) in [5, 5.41) is 0. The van der Waals surface area contributed by atoms with Crippen molar-refractivity contribution in [3.05, 3.63) is 122 Å². The summed E-state index contributed by atoms with van der Waals surface area (Å²) in [5.74, 6) is 0. The molecule has 0 aliphatic heterocycles. The molecule has 4 aromatic carbocycles. The number of nitrogen functional groups attached to an aromatic ring is 1. The first kappa shape index (κ1) is 18.7. The monoisotopic (exact) mass is 503 g/mol. The van der Waals surface area contributed by atoms with Crippen molar-refractivity contribution in [1.29, 1.82) is 0 Å². The van der Waals surface area contributed by atoms with Crippen LogP contribution in [0.3, 0.4) is 0 Å². The third kappa shape index (κ3) is 2.79. The summed E-state index contributed by atoms with van der Waals surface area (Å²) in [6, 6.07) is 30.4. The molecule has 4 aromatic rings. The van der Waals surface area contributed by atoms with E-state index in [1.807, 2.05) is 12.1 Å². The van der Waals surface area contributed by atoms with Crippen LogP contribution in [-0.4, -0.2) is 0 Å². The quantitative estimate of drug-likeness (QED) is 0.248. The molecule has 29 heavy (non-hydrogen) atoms. The summed E-state index contributed by atoms with van der Waals surface area (Å²) in [6.07, 6.45) is 0. The molecule has 0 aromatic heterocycles. The second kappa shape index (κ2) is 6.86. The molecule has 0 spiro atoms. The molecule has 1 aliphatic carbocycles. The molecule has 0 heterocycles. The summed E-state index contributed by atoms with van der Waals surface area (Å²) in [7, 11) is 0. The number of rotatable bonds is 2. The molecule has 0 radical (unpaired) electrons. The number of benzene rings is 4. The topological polar surface area (TPSA) is 26.0 Å². The Hall–Kier alpha value is -2.36. The molecule has 142 valence electrons. The van der Waals surface area contributed by atoms with Gasteiger partial charge in [0, 0.05) is 14.6 Å². The van der Waals surface area contributed by atoms with Gasteiger partial charge in [-0.15, -0.1) is 0 Å². The van der Waals surface area contributed by atoms with Crippen molar-refractivity contribution in [2.24, 2.45) is 0 Å². The van der Waals surface area contributed by atoms with Crippen LogP contribution in [0, 0.1) is 6.92 Å². The highest BCUT2D eigenvalue weighted by Gasteiger charge is 2.46. The van der Waals surface area contributed by atoms with Gasteiger partial charge in [0.2, 0.25) is 0 Å². The van der Waals surface area contributed by atoms with Gasteiger partial charge >= 0.3 is 0 Å². The second-order valence-corrected chi connectivity index (χ2v) is 9.45. The first-order valence-electron chi connectivity index (χ1n) is 9.54. The van der Waals surface area contributed by atoms with E-state index >= 15 is 0 Å². The second-order valence-electron chi connectivity index (χ2n) is 7.62. The molecule has 0 unspecified atom stereocenters. The van der Waals surface area contributed by atoms with Crippen molar-refractivity contribution in [3.8, 4) is 11.1 Å². The Morgan fingerprint density at radius 1 is 0.621 bits per heavy atom. The van der Waals surface area contributed by atoms with Crippen LogP contribution in [0.2, 0.25) is 0 Å². The van der Waals surface area contributed by atoms with E-state index in [0.29, 0.717) is 0 Å². The van der Waals surface area contributed by atoms with Crippen molar-refractivity contribution >= 4 is 37.5 Å². The first-order chi connectivity index (χ1) is 14.0. The van der Waals surface area contributed by atoms with E-state index in [-0.39, 0.29) is 0 Å². The lowest BCUT2D eigenvalue weighted by Gasteiger charge is -2.34. The van der Waals surface area contributed by atoms with E-state index in [1.165, 1.54) is 38.9 Å². The van der Waals surface area contributed by atoms with Gasteiger partial charge in [-0.2, -0.15) is 0 Å². The van der Waals surface area contributed by atoms with Gasteiger partial charge in [0.25, 0.3) is 0 Å². The number of nitrogens with two attached hydrogens (primary N) is 1. The third-order valence-corrected chi connectivity index (χ3v) is 6.88. The van der Waals surface area contributed by atoms with Crippen LogP contribution in [-0.2, 0) is 5.41 Å². The normalized spacial score (nSPS) is 13.8. The minimum absolute atomic E-state index is 0.403. The highest BCUT2D eigenvalue weighted by molar-refractivity contribution is 9.10. The Morgan fingerprint density at radius 2 is 1.07 bits per heavy atom. The minimum Gasteiger partial charge on any atom is -0.399 e. The van der Waals surface area contributed by atoms with Crippen LogP contribution in [0.1, 0.15) is 27.8 Å². The van der Waals surface area contributed by atoms with Gasteiger partial charge in [0.05, 0.1) is 5.41 Å². The zero-order valence-electron chi connectivity index (χ0n) is 15.9. The van der Waals surface area contributed by atoms with Gasteiger partial charge < -0.3 is 5.73 Å². The third-order valence-electron chi connectivity index (χ3n) is 5.89. The van der Waals surface area contributed by atoms with E-state index in [4.69, 9.17) is 5.73 Å². The maximum Gasteiger partial charge on any atom is 0.0714 e. The predicted molar refractivity (Wildman–Crippen MR) is 128 cm³/mol. The van der Waals surface area contributed by atoms with E-state index in [2.05, 4.69) is 112 Å². The van der Waals surface area contributed by atoms with E-state index < -0.39 is 5.41 Å². The van der Waals surface area contributed by atoms with Crippen LogP contribution >= 0.6 is 31.9 Å². The number of fused-ring (bicyclic) bond motifs is 3. The summed E-state index contributed by atoms with van der Waals surface area (Å²) in [4.78, 5) is 0. The lowest BCUT2D eigenvalue weighted by atomic mass is 9.67. The molecular weight excluding hydrogens is 486 g/mol. The number of anilines is 1. The Kier molecular flexibility index (Phi) is 4.41. The molecule has 0 atom stereocenters. The Labute approximate surface area is 187 Å². The molecule has 5 rings (SSSR count). The molecule has 1 aliphatic rings. The van der Waals surface area contributed by atoms with Gasteiger partial charge in [-0.1, -0.05) is 86.0 Å². The van der Waals surface area contributed by atoms with Crippen LogP contribution in [0.25, 0.3) is 11.1 Å². The fourth-order valence-corrected chi connectivity index (χ4v) is 5.32. The highest BCUT2D eigenvalue weighted by Crippen LogP contribution is 2.57. The van der Waals surface area contributed by atoms with Gasteiger partial charge in [0.15, 0.2) is 0 Å². The zero-order valence-corrected chi connectivity index (χ0v) is 19.1. The molecular formula is C26H19Br2N. The number of halogens is 2. The largest absolute Gasteiger partial charge is 0.399 e. The van der Waals surface area contributed by atoms with Gasteiger partial charge in [-0.05, 0) is 76.7 Å². The van der Waals surface area contributed by atoms with Crippen LogP contribution in [0.15, 0.2) is 93.9 Å². The fraction of sp³-hybridized carbons (Fsp3) is 0.0769. The van der Waals surface area contributed by atoms with Crippen LogP contribution in [0.4, 0.5) is 5.69 Å². The van der Waals surface area contributed by atoms with Gasteiger partial charge in [0.1, 0.15) is 0 Å². The van der Waals surface area contributed by atoms with Crippen LogP contribution < -0.4 is 5.73 Å². The van der Waals surface area contributed by atoms with Crippen molar-refractivity contribution in [1.82, 2.24) is 0 Å². The van der Waals surface area contributed by atoms with E-state index in [0.717, 1.165) is 14.6 Å². The molecule has 1 nitrogen and oxygen atoms in total. The molecule has 0 bridgehead atoms. The summed E-state index contributed by atoms with van der Waals surface area (Å²) in [5.41, 5.74) is 15.3. The van der Waals surface area contributed by atoms with Gasteiger partial charge in [-0.3, -0.25) is 0 Å². The molecule has 0 saturated heterocycles. The first-order valence-corrected chi connectivity index (χ1v) is 11.1. The Bertz CT molecular complexity index is 1130. The Morgan fingerprint density at radius 3 is 1.55 bits per heavy atom. The smallest absolute Gasteiger partial charge is 0.0714 e. The maximum atomic E-state index is 6.05. The summed E-state index contributed by atoms with van der Waals surface area (Å²) < 4.78 is 2.16. The highest BCUT2D eigenvalue weighted by atomic mass is 79.9. The average Bonchev–Trinajstić information content (AvgIpc) is 2.99. The molecule has 0 saturated carbocycles. The van der Waals surface area contributed by atoms with Crippen molar-refractivity contribution in [3.63, 3.8) is 0 Å². The van der Waals surface area contributed by atoms with Crippen molar-refractivity contribution < 1.29 is 0 Å². The van der Waals surface area contributed by atoms with Gasteiger partial charge in [-0.25, -0.2) is 0 Å². The van der Waals surface area contributed by atoms with Crippen molar-refractivity contribution in [2.75, 3.05) is 5.73 Å². The summed E-state index contributed by atoms with van der Waals surface area (Å²) >= 11 is 7.43. The SMILES string of the molecule is Cc1ccc(C2(c3ccc(N)cc3)c3cc(Br)ccc3-c3ccc(Br)cc32)cc1. The fourth-order valence-electron chi connectivity index (χ4n) is 4.59. The lowest BCUT2D eigenvalue weighted by molar-refractivity contribution is 0.767. The number of hydrogen-bond donors (Lipinski definition) is 1. The van der Waals surface area contributed by atoms with E-state index in [1.54, 1.807) is 0 Å². The zero-order chi connectivity index (χ0) is 20.2. The maximum absolute atomic E-state index is 6.05. The molecule has 0 amide bonds. The molecule has 0 fully saturated rings. The van der Waals surface area contributed by atoms with Crippen LogP contribution in [0.5, 0.6) is 0 Å². The van der Waals surface area contributed by atoms with E-state index in [9.17, 15) is 0 Å². The standard InChI is InChI=1S/C26H19Br2N/c1-16-2-4-17(5-3-16)26(18-6-10-21(29)11-7-18)24-14-19(27)8-12-22(24)23-13-9-20(28)15-25(23)26/h2-15H,29H2,1H3. The minimum atomic E-state index is -0.403. The summed E-state index contributed by atoms with van der Waals surface area (Å²) in [6.45, 7) is 2.13. The predicted octanol–water partition coefficient (Wildman–Crippen LogP) is 7.47. The van der Waals surface area contributed by atoms with Crippen molar-refractivity contribution in [2.45, 2.75) is 12.3 Å². The lowest BCUT2D eigenvalue weighted by Crippen LogP contribution is -2.28. The Balaban J connectivity index is 1.97. The number of hydrogen-bond acceptors (Lipinski definition) is 1. The number of aryl methyl sites for hydroxylation is 1. The molecule has 2 N–H and O–H groups in total. The average molecular weight is 505 g/mol.